The fourth-order valence-electron chi connectivity index (χ4n) is 2.98. The Morgan fingerprint density at radius 2 is 1.88 bits per heavy atom. The number of methoxy groups -OCH3 is 1. The molecule has 3 rings (SSSR count). The van der Waals surface area contributed by atoms with Crippen LogP contribution < -0.4 is 10.1 Å². The van der Waals surface area contributed by atoms with E-state index < -0.39 is 5.82 Å². The van der Waals surface area contributed by atoms with Gasteiger partial charge in [0.1, 0.15) is 11.6 Å². The van der Waals surface area contributed by atoms with Crippen molar-refractivity contribution < 1.29 is 13.9 Å². The molecule has 4 nitrogen and oxygen atoms in total. The summed E-state index contributed by atoms with van der Waals surface area (Å²) in [6, 6.07) is 12.3. The zero-order valence-electron chi connectivity index (χ0n) is 14.3. The van der Waals surface area contributed by atoms with E-state index in [0.29, 0.717) is 0 Å². The summed E-state index contributed by atoms with van der Waals surface area (Å²) in [5, 5.41) is 3.22. The van der Waals surface area contributed by atoms with E-state index in [2.05, 4.69) is 5.32 Å². The molecule has 0 spiro atoms. The quantitative estimate of drug-likeness (QED) is 0.904. The molecule has 1 unspecified atom stereocenters. The lowest BCUT2D eigenvalue weighted by molar-refractivity contribution is 0.0739. The minimum Gasteiger partial charge on any atom is -0.497 e. The number of halogens is 2. The molecule has 134 valence electrons. The molecule has 2 aromatic carbocycles. The predicted octanol–water partition coefficient (Wildman–Crippen LogP) is 3.36. The van der Waals surface area contributed by atoms with Crippen molar-refractivity contribution in [2.45, 2.75) is 12.5 Å². The van der Waals surface area contributed by atoms with Crippen LogP contribution in [0.2, 0.25) is 0 Å². The Bertz CT molecular complexity index is 731. The van der Waals surface area contributed by atoms with Crippen molar-refractivity contribution in [2.75, 3.05) is 27.2 Å². The second kappa shape index (κ2) is 8.32. The molecule has 1 saturated heterocycles. The predicted molar refractivity (Wildman–Crippen MR) is 99.0 cm³/mol. The summed E-state index contributed by atoms with van der Waals surface area (Å²) in [6.07, 6.45) is 0.897. The molecule has 1 aliphatic rings. The lowest BCUT2D eigenvalue weighted by Crippen LogP contribution is -2.38. The highest BCUT2D eigenvalue weighted by Crippen LogP contribution is 2.25. The van der Waals surface area contributed by atoms with Gasteiger partial charge in [-0.1, -0.05) is 18.2 Å². The molecular formula is C19H22ClFN2O2. The van der Waals surface area contributed by atoms with Crippen molar-refractivity contribution in [3.05, 3.63) is 53.8 Å². The highest BCUT2D eigenvalue weighted by molar-refractivity contribution is 5.95. The van der Waals surface area contributed by atoms with Crippen LogP contribution in [-0.2, 0) is 0 Å². The average Bonchev–Trinajstić information content (AvgIpc) is 3.15. The minimum atomic E-state index is -0.494. The number of carbonyl (C=O) groups is 1. The van der Waals surface area contributed by atoms with Gasteiger partial charge in [0.15, 0.2) is 0 Å². The first-order valence-electron chi connectivity index (χ1n) is 8.02. The van der Waals surface area contributed by atoms with E-state index in [4.69, 9.17) is 4.74 Å². The van der Waals surface area contributed by atoms with Gasteiger partial charge in [0.25, 0.3) is 5.91 Å². The molecule has 1 atom stereocenters. The Hall–Kier alpha value is -2.11. The Kier molecular flexibility index (Phi) is 6.39. The van der Waals surface area contributed by atoms with Crippen molar-refractivity contribution in [1.82, 2.24) is 10.2 Å². The van der Waals surface area contributed by atoms with Gasteiger partial charge in [-0.25, -0.2) is 4.39 Å². The van der Waals surface area contributed by atoms with E-state index in [0.717, 1.165) is 36.4 Å². The van der Waals surface area contributed by atoms with Gasteiger partial charge in [0, 0.05) is 19.6 Å². The summed E-state index contributed by atoms with van der Waals surface area (Å²) in [5.41, 5.74) is 1.72. The SMILES string of the molecule is COc1ccc(-c2ccc(C(=O)N(C)C3CCNC3)c(F)c2)cc1.Cl. The van der Waals surface area contributed by atoms with Crippen molar-refractivity contribution in [3.63, 3.8) is 0 Å². The number of benzene rings is 2. The van der Waals surface area contributed by atoms with Crippen LogP contribution in [0, 0.1) is 5.82 Å². The van der Waals surface area contributed by atoms with Crippen LogP contribution in [0.3, 0.4) is 0 Å². The summed E-state index contributed by atoms with van der Waals surface area (Å²) >= 11 is 0. The molecule has 0 aliphatic carbocycles. The van der Waals surface area contributed by atoms with Gasteiger partial charge in [-0.3, -0.25) is 4.79 Å². The minimum absolute atomic E-state index is 0. The van der Waals surface area contributed by atoms with Crippen molar-refractivity contribution >= 4 is 18.3 Å². The Morgan fingerprint density at radius 3 is 2.44 bits per heavy atom. The lowest BCUT2D eigenvalue weighted by atomic mass is 10.0. The molecule has 1 amide bonds. The molecule has 1 N–H and O–H groups in total. The Labute approximate surface area is 153 Å². The maximum absolute atomic E-state index is 14.5. The number of ether oxygens (including phenoxy) is 1. The molecule has 1 heterocycles. The lowest BCUT2D eigenvalue weighted by Gasteiger charge is -2.24. The molecule has 0 aromatic heterocycles. The van der Waals surface area contributed by atoms with Crippen LogP contribution in [0.15, 0.2) is 42.5 Å². The normalized spacial score (nSPS) is 16.2. The van der Waals surface area contributed by atoms with Gasteiger partial charge in [0.2, 0.25) is 0 Å². The van der Waals surface area contributed by atoms with Gasteiger partial charge < -0.3 is 15.0 Å². The molecule has 2 aromatic rings. The maximum atomic E-state index is 14.5. The molecule has 0 bridgehead atoms. The van der Waals surface area contributed by atoms with Crippen LogP contribution in [0.4, 0.5) is 4.39 Å². The first kappa shape index (κ1) is 19.2. The van der Waals surface area contributed by atoms with E-state index in [9.17, 15) is 9.18 Å². The third kappa shape index (κ3) is 4.11. The first-order chi connectivity index (χ1) is 11.6. The van der Waals surface area contributed by atoms with Crippen molar-refractivity contribution in [2.24, 2.45) is 0 Å². The molecule has 1 aliphatic heterocycles. The van der Waals surface area contributed by atoms with Crippen LogP contribution in [0.5, 0.6) is 5.75 Å². The van der Waals surface area contributed by atoms with Gasteiger partial charge in [0.05, 0.1) is 12.7 Å². The fraction of sp³-hybridized carbons (Fsp3) is 0.316. The highest BCUT2D eigenvalue weighted by atomic mass is 35.5. The molecule has 1 fully saturated rings. The number of amides is 1. The number of rotatable bonds is 4. The molecular weight excluding hydrogens is 343 g/mol. The maximum Gasteiger partial charge on any atom is 0.256 e. The Morgan fingerprint density at radius 1 is 1.20 bits per heavy atom. The van der Waals surface area contributed by atoms with E-state index in [-0.39, 0.29) is 29.9 Å². The van der Waals surface area contributed by atoms with Crippen LogP contribution >= 0.6 is 12.4 Å². The number of likely N-dealkylation sites (N-methyl/N-ethyl adjacent to an activating group) is 1. The highest BCUT2D eigenvalue weighted by Gasteiger charge is 2.25. The fourth-order valence-corrected chi connectivity index (χ4v) is 2.98. The summed E-state index contributed by atoms with van der Waals surface area (Å²) in [4.78, 5) is 14.2. The largest absolute Gasteiger partial charge is 0.497 e. The number of nitrogens with zero attached hydrogens (tertiary/aromatic N) is 1. The first-order valence-corrected chi connectivity index (χ1v) is 8.02. The monoisotopic (exact) mass is 364 g/mol. The number of hydrogen-bond acceptors (Lipinski definition) is 3. The number of hydrogen-bond donors (Lipinski definition) is 1. The third-order valence-electron chi connectivity index (χ3n) is 4.53. The van der Waals surface area contributed by atoms with E-state index >= 15 is 0 Å². The van der Waals surface area contributed by atoms with E-state index in [1.165, 1.54) is 6.07 Å². The second-order valence-corrected chi connectivity index (χ2v) is 5.99. The third-order valence-corrected chi connectivity index (χ3v) is 4.53. The van der Waals surface area contributed by atoms with Crippen LogP contribution in [0.1, 0.15) is 16.8 Å². The van der Waals surface area contributed by atoms with Crippen LogP contribution in [-0.4, -0.2) is 44.1 Å². The summed E-state index contributed by atoms with van der Waals surface area (Å²) in [6.45, 7) is 1.65. The summed E-state index contributed by atoms with van der Waals surface area (Å²) in [5.74, 6) is -0.0218. The summed E-state index contributed by atoms with van der Waals surface area (Å²) in [7, 11) is 3.34. The standard InChI is InChI=1S/C19H21FN2O2.ClH/c1-22(15-9-10-21-12-15)19(23)17-8-5-14(11-18(17)20)13-3-6-16(24-2)7-4-13;/h3-8,11,15,21H,9-10,12H2,1-2H3;1H. The van der Waals surface area contributed by atoms with Gasteiger partial charge in [-0.05, 0) is 48.4 Å². The zero-order chi connectivity index (χ0) is 17.1. The number of carbonyl (C=O) groups excluding carboxylic acids is 1. The molecule has 25 heavy (non-hydrogen) atoms. The van der Waals surface area contributed by atoms with Crippen molar-refractivity contribution in [3.8, 4) is 16.9 Å². The van der Waals surface area contributed by atoms with Gasteiger partial charge in [-0.2, -0.15) is 0 Å². The Balaban J connectivity index is 0.00000225. The molecule has 0 saturated carbocycles. The molecule has 0 radical (unpaired) electrons. The van der Waals surface area contributed by atoms with E-state index in [1.54, 1.807) is 31.2 Å². The summed E-state index contributed by atoms with van der Waals surface area (Å²) < 4.78 is 19.6. The van der Waals surface area contributed by atoms with E-state index in [1.807, 2.05) is 24.3 Å². The average molecular weight is 365 g/mol. The number of nitrogens with one attached hydrogen (secondary N) is 1. The van der Waals surface area contributed by atoms with Gasteiger partial charge in [-0.15, -0.1) is 12.4 Å². The van der Waals surface area contributed by atoms with Gasteiger partial charge >= 0.3 is 0 Å². The molecule has 6 heteroatoms. The smallest absolute Gasteiger partial charge is 0.256 e. The zero-order valence-corrected chi connectivity index (χ0v) is 15.1. The van der Waals surface area contributed by atoms with Crippen molar-refractivity contribution in [1.29, 1.82) is 0 Å². The topological polar surface area (TPSA) is 41.6 Å². The van der Waals surface area contributed by atoms with Crippen LogP contribution in [0.25, 0.3) is 11.1 Å². The second-order valence-electron chi connectivity index (χ2n) is 5.99.